The first-order valence-electron chi connectivity index (χ1n) is 13.4. The summed E-state index contributed by atoms with van der Waals surface area (Å²) in [7, 11) is 0. The molecule has 3 fully saturated rings. The minimum absolute atomic E-state index is 0.174. The van der Waals surface area contributed by atoms with Crippen molar-refractivity contribution in [1.29, 1.82) is 0 Å². The zero-order valence-corrected chi connectivity index (χ0v) is 21.3. The van der Waals surface area contributed by atoms with Crippen molar-refractivity contribution in [2.75, 3.05) is 18.4 Å². The average molecular weight is 514 g/mol. The maximum absolute atomic E-state index is 13.0. The molecule has 7 rings (SSSR count). The Hall–Kier alpha value is -3.60. The first kappa shape index (κ1) is 23.5. The highest BCUT2D eigenvalue weighted by Crippen LogP contribution is 2.42. The molecule has 1 aromatic carbocycles. The minimum atomic E-state index is -0.713. The Labute approximate surface area is 219 Å². The van der Waals surface area contributed by atoms with Gasteiger partial charge in [0.05, 0.1) is 17.9 Å². The molecule has 2 aliphatic carbocycles. The summed E-state index contributed by atoms with van der Waals surface area (Å²) in [5, 5.41) is 28.6. The van der Waals surface area contributed by atoms with Crippen LogP contribution < -0.4 is 5.32 Å². The molecule has 3 N–H and O–H groups in total. The van der Waals surface area contributed by atoms with Gasteiger partial charge < -0.3 is 20.1 Å². The predicted molar refractivity (Wildman–Crippen MR) is 142 cm³/mol. The van der Waals surface area contributed by atoms with Crippen LogP contribution in [0.5, 0.6) is 0 Å². The normalized spacial score (nSPS) is 21.9. The van der Waals surface area contributed by atoms with Gasteiger partial charge in [0.25, 0.3) is 0 Å². The third-order valence-corrected chi connectivity index (χ3v) is 7.85. The van der Waals surface area contributed by atoms with Crippen molar-refractivity contribution in [2.45, 2.75) is 57.4 Å². The largest absolute Gasteiger partial charge is 0.389 e. The second-order valence-electron chi connectivity index (χ2n) is 10.9. The molecule has 38 heavy (non-hydrogen) atoms. The van der Waals surface area contributed by atoms with E-state index in [9.17, 15) is 15.0 Å². The molecule has 1 aliphatic heterocycles. The lowest BCUT2D eigenvalue weighted by atomic mass is 10.1. The highest BCUT2D eigenvalue weighted by Gasteiger charge is 2.34. The molecule has 2 unspecified atom stereocenters. The van der Waals surface area contributed by atoms with Crippen LogP contribution in [0.3, 0.4) is 0 Å². The lowest BCUT2D eigenvalue weighted by Crippen LogP contribution is -2.22. The number of β-amino-alcohol motifs (C(OH)–C–C–N with tert-alkyl or cyclic N) is 2. The number of ketones is 1. The summed E-state index contributed by atoms with van der Waals surface area (Å²) in [6.45, 7) is 3.42. The fourth-order valence-electron chi connectivity index (χ4n) is 5.40. The van der Waals surface area contributed by atoms with E-state index < -0.39 is 12.2 Å². The number of likely N-dealkylation sites (tertiary alicyclic amines) is 1. The van der Waals surface area contributed by atoms with Gasteiger partial charge in [0.15, 0.2) is 11.6 Å². The van der Waals surface area contributed by atoms with Crippen molar-refractivity contribution in [2.24, 2.45) is 5.92 Å². The average Bonchev–Trinajstić information content (AvgIpc) is 3.83. The summed E-state index contributed by atoms with van der Waals surface area (Å²) in [4.78, 5) is 24.1. The van der Waals surface area contributed by atoms with E-state index in [1.165, 1.54) is 0 Å². The Morgan fingerprint density at radius 3 is 2.61 bits per heavy atom. The number of nitrogens with one attached hydrogen (secondary N) is 1. The smallest absolute Gasteiger partial charge is 0.229 e. The van der Waals surface area contributed by atoms with Gasteiger partial charge in [-0.15, -0.1) is 0 Å². The summed E-state index contributed by atoms with van der Waals surface area (Å²) in [6.07, 6.45) is 8.57. The van der Waals surface area contributed by atoms with E-state index in [-0.39, 0.29) is 11.7 Å². The van der Waals surface area contributed by atoms with Crippen LogP contribution in [0.4, 0.5) is 11.6 Å². The summed E-state index contributed by atoms with van der Waals surface area (Å²) in [5.74, 6) is 1.50. The van der Waals surface area contributed by atoms with Crippen molar-refractivity contribution in [3.05, 3.63) is 59.7 Å². The molecule has 2 atom stereocenters. The quantitative estimate of drug-likeness (QED) is 0.307. The molecule has 0 amide bonds. The molecule has 196 valence electrons. The molecule has 4 heterocycles. The summed E-state index contributed by atoms with van der Waals surface area (Å²) in [6, 6.07) is 8.43. The number of rotatable bonds is 8. The van der Waals surface area contributed by atoms with Crippen LogP contribution in [0.15, 0.2) is 42.9 Å². The molecule has 1 saturated heterocycles. The van der Waals surface area contributed by atoms with Crippen molar-refractivity contribution in [3.8, 4) is 5.82 Å². The van der Waals surface area contributed by atoms with Gasteiger partial charge in [-0.2, -0.15) is 10.1 Å². The molecule has 2 saturated carbocycles. The van der Waals surface area contributed by atoms with Gasteiger partial charge in [-0.05, 0) is 50.8 Å². The number of hydrogen-bond donors (Lipinski definition) is 3. The fourth-order valence-corrected chi connectivity index (χ4v) is 5.40. The molecule has 4 aromatic rings. The summed E-state index contributed by atoms with van der Waals surface area (Å²) >= 11 is 0. The van der Waals surface area contributed by atoms with Gasteiger partial charge in [-0.25, -0.2) is 9.67 Å². The van der Waals surface area contributed by atoms with Crippen LogP contribution in [0.2, 0.25) is 0 Å². The molecule has 0 bridgehead atoms. The van der Waals surface area contributed by atoms with E-state index in [0.717, 1.165) is 59.1 Å². The molecule has 10 heteroatoms. The number of hydrogen-bond acceptors (Lipinski definition) is 8. The molecule has 3 aliphatic rings. The van der Waals surface area contributed by atoms with Crippen LogP contribution in [0, 0.1) is 12.8 Å². The van der Waals surface area contributed by atoms with Crippen LogP contribution in [-0.4, -0.2) is 70.5 Å². The SMILES string of the molecule is Cc1nn(-c2ccnc(Nc3ccc4c(c3)c(C(=O)C3CC3)cn4C3CC3)n2)cc1CN1CC(O)C(O)C1. The molecule has 3 aromatic heterocycles. The Morgan fingerprint density at radius 1 is 1.08 bits per heavy atom. The molecular weight excluding hydrogens is 482 g/mol. The van der Waals surface area contributed by atoms with Gasteiger partial charge in [0.2, 0.25) is 5.95 Å². The second-order valence-corrected chi connectivity index (χ2v) is 10.9. The number of aliphatic hydroxyl groups excluding tert-OH is 2. The summed E-state index contributed by atoms with van der Waals surface area (Å²) < 4.78 is 4.00. The fraction of sp³-hybridized carbons (Fsp3) is 0.429. The van der Waals surface area contributed by atoms with Crippen molar-refractivity contribution < 1.29 is 15.0 Å². The van der Waals surface area contributed by atoms with E-state index in [0.29, 0.717) is 37.4 Å². The van der Waals surface area contributed by atoms with E-state index >= 15 is 0 Å². The number of aliphatic hydroxyl groups is 2. The number of benzene rings is 1. The number of Topliss-reactive ketones (excluding diaryl/α,β-unsaturated/α-hetero) is 1. The zero-order chi connectivity index (χ0) is 26.0. The Balaban J connectivity index is 1.14. The van der Waals surface area contributed by atoms with E-state index in [1.54, 1.807) is 16.9 Å². The van der Waals surface area contributed by atoms with Gasteiger partial charge in [-0.1, -0.05) is 0 Å². The predicted octanol–water partition coefficient (Wildman–Crippen LogP) is 3.13. The monoisotopic (exact) mass is 513 g/mol. The van der Waals surface area contributed by atoms with Crippen LogP contribution in [0.25, 0.3) is 16.7 Å². The third kappa shape index (κ3) is 4.38. The standard InChI is InChI=1S/C28H31N7O3/c1-16-18(11-33-14-24(36)25(37)15-33)12-35(32-16)26-8-9-29-28(31-26)30-19-4-7-23-21(10-19)22(27(38)17-2-3-17)13-34(23)20-5-6-20/h4,7-10,12-13,17,20,24-25,36-37H,2-3,5-6,11,14-15H2,1H3,(H,29,30,31). The Bertz CT molecular complexity index is 1520. The van der Waals surface area contributed by atoms with Crippen LogP contribution in [0.1, 0.15) is 53.3 Å². The van der Waals surface area contributed by atoms with Gasteiger partial charge in [-0.3, -0.25) is 9.69 Å². The van der Waals surface area contributed by atoms with E-state index in [1.807, 2.05) is 30.2 Å². The third-order valence-electron chi connectivity index (χ3n) is 7.85. The number of anilines is 2. The molecule has 10 nitrogen and oxygen atoms in total. The zero-order valence-electron chi connectivity index (χ0n) is 21.3. The lowest BCUT2D eigenvalue weighted by Gasteiger charge is -2.13. The first-order valence-corrected chi connectivity index (χ1v) is 13.4. The van der Waals surface area contributed by atoms with Crippen molar-refractivity contribution in [1.82, 2.24) is 29.2 Å². The maximum atomic E-state index is 13.0. The van der Waals surface area contributed by atoms with Crippen LogP contribution in [-0.2, 0) is 6.54 Å². The number of nitrogens with zero attached hydrogens (tertiary/aromatic N) is 6. The number of fused-ring (bicyclic) bond motifs is 1. The Kier molecular flexibility index (Phi) is 5.57. The van der Waals surface area contributed by atoms with Crippen molar-refractivity contribution in [3.63, 3.8) is 0 Å². The van der Waals surface area contributed by atoms with Gasteiger partial charge in [0, 0.05) is 84.0 Å². The number of aromatic nitrogens is 5. The maximum Gasteiger partial charge on any atom is 0.229 e. The van der Waals surface area contributed by atoms with E-state index in [4.69, 9.17) is 0 Å². The number of carbonyl (C=O) groups is 1. The van der Waals surface area contributed by atoms with Crippen LogP contribution >= 0.6 is 0 Å². The van der Waals surface area contributed by atoms with Gasteiger partial charge >= 0.3 is 0 Å². The first-order chi connectivity index (χ1) is 18.4. The van der Waals surface area contributed by atoms with Gasteiger partial charge in [0.1, 0.15) is 0 Å². The number of carbonyl (C=O) groups excluding carboxylic acids is 1. The molecule has 0 radical (unpaired) electrons. The topological polar surface area (TPSA) is 121 Å². The summed E-state index contributed by atoms with van der Waals surface area (Å²) in [5.41, 5.74) is 4.64. The highest BCUT2D eigenvalue weighted by atomic mass is 16.3. The van der Waals surface area contributed by atoms with E-state index in [2.05, 4.69) is 37.2 Å². The Morgan fingerprint density at radius 2 is 1.87 bits per heavy atom. The lowest BCUT2D eigenvalue weighted by molar-refractivity contribution is 0.0572. The molecular formula is C28H31N7O3. The minimum Gasteiger partial charge on any atom is -0.389 e. The van der Waals surface area contributed by atoms with Crippen molar-refractivity contribution >= 4 is 28.3 Å². The second kappa shape index (κ2) is 9.00. The highest BCUT2D eigenvalue weighted by molar-refractivity contribution is 6.10. The molecule has 0 spiro atoms. The number of aryl methyl sites for hydroxylation is 1.